The molecular formula is C28H24F3N3O4S. The molecule has 4 rings (SSSR count). The number of amides is 2. The summed E-state index contributed by atoms with van der Waals surface area (Å²) >= 11 is 1.00. The van der Waals surface area contributed by atoms with Crippen molar-refractivity contribution in [2.45, 2.75) is 30.7 Å². The monoisotopic (exact) mass is 555 g/mol. The number of nitrogens with zero attached hydrogens (tertiary/aromatic N) is 2. The van der Waals surface area contributed by atoms with E-state index in [0.29, 0.717) is 18.5 Å². The molecule has 0 aromatic heterocycles. The van der Waals surface area contributed by atoms with Gasteiger partial charge in [-0.15, -0.1) is 0 Å². The summed E-state index contributed by atoms with van der Waals surface area (Å²) in [6.07, 6.45) is -3.41. The molecule has 0 radical (unpaired) electrons. The van der Waals surface area contributed by atoms with Gasteiger partial charge in [0.2, 0.25) is 11.8 Å². The minimum absolute atomic E-state index is 0.0125. The van der Waals surface area contributed by atoms with Crippen molar-refractivity contribution in [2.75, 3.05) is 11.9 Å². The largest absolute Gasteiger partial charge is 0.478 e. The van der Waals surface area contributed by atoms with E-state index in [9.17, 15) is 27.6 Å². The normalized spacial score (nSPS) is 16.8. The molecule has 1 aliphatic rings. The number of carbonyl (C=O) groups excluding carboxylic acids is 2. The number of aryl methyl sites for hydroxylation is 1. The molecule has 3 aromatic carbocycles. The van der Waals surface area contributed by atoms with Crippen LogP contribution < -0.4 is 5.32 Å². The van der Waals surface area contributed by atoms with Gasteiger partial charge in [0.1, 0.15) is 5.25 Å². The molecule has 2 N–H and O–H groups in total. The third-order valence-corrected chi connectivity index (χ3v) is 7.11. The first-order valence-corrected chi connectivity index (χ1v) is 12.9. The van der Waals surface area contributed by atoms with Gasteiger partial charge in [-0.25, -0.2) is 9.79 Å². The molecule has 11 heteroatoms. The van der Waals surface area contributed by atoms with Gasteiger partial charge < -0.3 is 10.4 Å². The number of carbonyl (C=O) groups is 3. The Morgan fingerprint density at radius 2 is 1.74 bits per heavy atom. The SMILES string of the molecule is O=C(O)c1ccc(NC(=O)C2CC(=O)N(CCCc3ccccc3)C(=Nc3cccc(C(F)(F)F)c3)S2)cc1. The Bertz CT molecular complexity index is 1380. The van der Waals surface area contributed by atoms with Gasteiger partial charge in [0, 0.05) is 18.7 Å². The number of carboxylic acids is 1. The summed E-state index contributed by atoms with van der Waals surface area (Å²) in [6.45, 7) is 0.281. The van der Waals surface area contributed by atoms with Gasteiger partial charge in [-0.2, -0.15) is 13.2 Å². The Hall–Kier alpha value is -4.12. The van der Waals surface area contributed by atoms with Crippen LogP contribution in [0, 0.1) is 0 Å². The molecular weight excluding hydrogens is 531 g/mol. The van der Waals surface area contributed by atoms with E-state index in [0.717, 1.165) is 29.5 Å². The maximum atomic E-state index is 13.3. The number of halogens is 3. The molecule has 3 aromatic rings. The molecule has 1 saturated heterocycles. The molecule has 1 atom stereocenters. The molecule has 0 bridgehead atoms. The summed E-state index contributed by atoms with van der Waals surface area (Å²) in [5.41, 5.74) is 0.624. The van der Waals surface area contributed by atoms with Gasteiger partial charge in [0.05, 0.1) is 16.8 Å². The van der Waals surface area contributed by atoms with Crippen LogP contribution in [0.1, 0.15) is 34.3 Å². The predicted molar refractivity (Wildman–Crippen MR) is 143 cm³/mol. The van der Waals surface area contributed by atoms with Crippen LogP contribution in [0.5, 0.6) is 0 Å². The lowest BCUT2D eigenvalue weighted by atomic mass is 10.1. The Morgan fingerprint density at radius 3 is 2.41 bits per heavy atom. The molecule has 7 nitrogen and oxygen atoms in total. The highest BCUT2D eigenvalue weighted by molar-refractivity contribution is 8.15. The van der Waals surface area contributed by atoms with Crippen molar-refractivity contribution in [3.63, 3.8) is 0 Å². The number of alkyl halides is 3. The average Bonchev–Trinajstić information content (AvgIpc) is 2.90. The zero-order valence-electron chi connectivity index (χ0n) is 20.5. The second kappa shape index (κ2) is 12.2. The minimum atomic E-state index is -4.56. The van der Waals surface area contributed by atoms with Crippen LogP contribution in [0.4, 0.5) is 24.5 Å². The number of anilines is 1. The summed E-state index contributed by atoms with van der Waals surface area (Å²) in [5, 5.41) is 11.0. The number of aliphatic imine (C=N–C) groups is 1. The third kappa shape index (κ3) is 7.47. The van der Waals surface area contributed by atoms with Crippen molar-refractivity contribution in [3.8, 4) is 0 Å². The summed E-state index contributed by atoms with van der Waals surface area (Å²) in [5.74, 6) is -1.98. The molecule has 1 fully saturated rings. The third-order valence-electron chi connectivity index (χ3n) is 5.92. The Kier molecular flexibility index (Phi) is 8.70. The average molecular weight is 556 g/mol. The molecule has 1 unspecified atom stereocenters. The van der Waals surface area contributed by atoms with Crippen molar-refractivity contribution in [1.29, 1.82) is 0 Å². The smallest absolute Gasteiger partial charge is 0.416 e. The molecule has 0 saturated carbocycles. The zero-order chi connectivity index (χ0) is 28.0. The van der Waals surface area contributed by atoms with Crippen LogP contribution in [0.25, 0.3) is 0 Å². The van der Waals surface area contributed by atoms with E-state index in [1.54, 1.807) is 0 Å². The lowest BCUT2D eigenvalue weighted by Crippen LogP contribution is -2.45. The van der Waals surface area contributed by atoms with E-state index >= 15 is 0 Å². The second-order valence-electron chi connectivity index (χ2n) is 8.76. The van der Waals surface area contributed by atoms with Crippen LogP contribution >= 0.6 is 11.8 Å². The van der Waals surface area contributed by atoms with Crippen molar-refractivity contribution < 1.29 is 32.7 Å². The van der Waals surface area contributed by atoms with E-state index in [2.05, 4.69) is 10.3 Å². The maximum absolute atomic E-state index is 13.3. The molecule has 1 aliphatic heterocycles. The predicted octanol–water partition coefficient (Wildman–Crippen LogP) is 6.00. The number of benzene rings is 3. The number of carboxylic acid groups (broad SMARTS) is 1. The fourth-order valence-corrected chi connectivity index (χ4v) is 5.05. The Labute approximate surface area is 226 Å². The summed E-state index contributed by atoms with van der Waals surface area (Å²) in [4.78, 5) is 43.0. The fraction of sp³-hybridized carbons (Fsp3) is 0.214. The summed E-state index contributed by atoms with van der Waals surface area (Å²) < 4.78 is 39.8. The maximum Gasteiger partial charge on any atom is 0.416 e. The fourth-order valence-electron chi connectivity index (χ4n) is 3.93. The lowest BCUT2D eigenvalue weighted by molar-refractivity contribution is -0.137. The van der Waals surface area contributed by atoms with Gasteiger partial charge in [0.25, 0.3) is 0 Å². The molecule has 0 aliphatic carbocycles. The topological polar surface area (TPSA) is 99.1 Å². The Balaban J connectivity index is 1.55. The number of hydrogen-bond donors (Lipinski definition) is 2. The number of aromatic carboxylic acids is 1. The number of amidine groups is 1. The highest BCUT2D eigenvalue weighted by Crippen LogP contribution is 2.34. The van der Waals surface area contributed by atoms with Crippen LogP contribution in [0.3, 0.4) is 0 Å². The molecule has 0 spiro atoms. The highest BCUT2D eigenvalue weighted by atomic mass is 32.2. The first kappa shape index (κ1) is 27.9. The van der Waals surface area contributed by atoms with Gasteiger partial charge in [0.15, 0.2) is 5.17 Å². The van der Waals surface area contributed by atoms with Gasteiger partial charge in [-0.1, -0.05) is 48.2 Å². The minimum Gasteiger partial charge on any atom is -0.478 e. The van der Waals surface area contributed by atoms with Crippen molar-refractivity contribution in [3.05, 3.63) is 95.6 Å². The van der Waals surface area contributed by atoms with Crippen molar-refractivity contribution in [1.82, 2.24) is 4.90 Å². The van der Waals surface area contributed by atoms with E-state index in [1.807, 2.05) is 30.3 Å². The Morgan fingerprint density at radius 1 is 1.03 bits per heavy atom. The zero-order valence-corrected chi connectivity index (χ0v) is 21.3. The van der Waals surface area contributed by atoms with Crippen molar-refractivity contribution >= 4 is 46.1 Å². The molecule has 1 heterocycles. The molecule has 2 amide bonds. The van der Waals surface area contributed by atoms with E-state index < -0.39 is 28.9 Å². The van der Waals surface area contributed by atoms with E-state index in [-0.39, 0.29) is 35.3 Å². The number of thioether (sulfide) groups is 1. The summed E-state index contributed by atoms with van der Waals surface area (Å²) in [7, 11) is 0. The lowest BCUT2D eigenvalue weighted by Gasteiger charge is -2.32. The van der Waals surface area contributed by atoms with Gasteiger partial charge >= 0.3 is 12.1 Å². The van der Waals surface area contributed by atoms with Crippen molar-refractivity contribution in [2.24, 2.45) is 4.99 Å². The van der Waals surface area contributed by atoms with E-state index in [1.165, 1.54) is 41.3 Å². The van der Waals surface area contributed by atoms with Crippen LogP contribution in [0.15, 0.2) is 83.9 Å². The number of nitrogens with one attached hydrogen (secondary N) is 1. The number of rotatable bonds is 8. The summed E-state index contributed by atoms with van der Waals surface area (Å²) in [6, 6.07) is 19.7. The quantitative estimate of drug-likeness (QED) is 0.355. The molecule has 39 heavy (non-hydrogen) atoms. The van der Waals surface area contributed by atoms with Crippen LogP contribution in [-0.2, 0) is 22.2 Å². The second-order valence-corrected chi connectivity index (χ2v) is 9.93. The van der Waals surface area contributed by atoms with E-state index in [4.69, 9.17) is 5.11 Å². The number of hydrogen-bond acceptors (Lipinski definition) is 5. The molecule has 202 valence electrons. The first-order valence-electron chi connectivity index (χ1n) is 12.0. The van der Waals surface area contributed by atoms with Gasteiger partial charge in [-0.3, -0.25) is 14.5 Å². The van der Waals surface area contributed by atoms with Crippen LogP contribution in [0.2, 0.25) is 0 Å². The van der Waals surface area contributed by atoms with Gasteiger partial charge in [-0.05, 0) is 60.9 Å². The standard InChI is InChI=1S/C28H24F3N3O4S/c29-28(30,31)20-9-4-10-22(16-20)33-27-34(15-5-8-18-6-2-1-3-7-18)24(35)17-23(39-27)25(36)32-21-13-11-19(12-14-21)26(37)38/h1-4,6-7,9-14,16,23H,5,8,15,17H2,(H,32,36)(H,37,38). The first-order chi connectivity index (χ1) is 18.6. The van der Waals surface area contributed by atoms with Crippen LogP contribution in [-0.4, -0.2) is 44.8 Å². The highest BCUT2D eigenvalue weighted by Gasteiger charge is 2.36.